The number of hydrogen-bond acceptors (Lipinski definition) is 9. The normalized spacial score (nSPS) is 27.3. The second-order valence-corrected chi connectivity index (χ2v) is 11.2. The zero-order valence-electron chi connectivity index (χ0n) is 18.9. The van der Waals surface area contributed by atoms with Gasteiger partial charge < -0.3 is 15.3 Å². The van der Waals surface area contributed by atoms with Gasteiger partial charge in [-0.1, -0.05) is 36.8 Å². The number of ketones is 2. The Balaban J connectivity index is 1.47. The Bertz CT molecular complexity index is 1380. The zero-order chi connectivity index (χ0) is 25.9. The molecule has 5 N–H and O–H groups in total. The van der Waals surface area contributed by atoms with Crippen LogP contribution in [0.15, 0.2) is 63.6 Å². The number of phenolic OH excluding ortho intramolecular Hbond substituents is 1. The number of Topliss-reactive ketones (excluding diaryl/α,β-unsaturated/α-hetero) is 2. The molecule has 0 saturated heterocycles. The molecule has 36 heavy (non-hydrogen) atoms. The van der Waals surface area contributed by atoms with Crippen molar-refractivity contribution in [3.05, 3.63) is 69.3 Å². The number of phenols is 1. The van der Waals surface area contributed by atoms with Gasteiger partial charge in [0.25, 0.3) is 5.91 Å². The molecule has 0 radical (unpaired) electrons. The Morgan fingerprint density at radius 2 is 1.94 bits per heavy atom. The van der Waals surface area contributed by atoms with Crippen molar-refractivity contribution in [2.45, 2.75) is 29.9 Å². The third-order valence-corrected chi connectivity index (χ3v) is 9.31. The lowest BCUT2D eigenvalue weighted by Crippen LogP contribution is -2.49. The van der Waals surface area contributed by atoms with E-state index in [-0.39, 0.29) is 35.0 Å². The summed E-state index contributed by atoms with van der Waals surface area (Å²) in [7, 11) is 0. The highest BCUT2D eigenvalue weighted by atomic mass is 35.5. The lowest BCUT2D eigenvalue weighted by Gasteiger charge is -2.44. The van der Waals surface area contributed by atoms with E-state index in [1.54, 1.807) is 18.2 Å². The summed E-state index contributed by atoms with van der Waals surface area (Å²) in [6.07, 6.45) is 5.64. The number of thioether (sulfide) groups is 1. The number of hydrazine groups is 1. The van der Waals surface area contributed by atoms with Crippen LogP contribution in [-0.4, -0.2) is 42.9 Å². The van der Waals surface area contributed by atoms with E-state index in [9.17, 15) is 29.7 Å². The minimum absolute atomic E-state index is 0.0138. The number of halogens is 1. The first-order chi connectivity index (χ1) is 17.1. The maximum atomic E-state index is 13.5. The first kappa shape index (κ1) is 24.6. The van der Waals surface area contributed by atoms with Crippen LogP contribution < -0.4 is 10.9 Å². The van der Waals surface area contributed by atoms with Crippen molar-refractivity contribution in [1.82, 2.24) is 10.9 Å². The van der Waals surface area contributed by atoms with Gasteiger partial charge in [0.1, 0.15) is 22.8 Å². The number of aliphatic hydroxyl groups excluding tert-OH is 2. The molecular weight excluding hydrogens is 524 g/mol. The summed E-state index contributed by atoms with van der Waals surface area (Å²) in [5.41, 5.74) is 5.19. The second kappa shape index (κ2) is 9.10. The maximum absolute atomic E-state index is 13.5. The Hall–Kier alpha value is -3.08. The molecular formula is C25H21ClN2O6S2. The summed E-state index contributed by atoms with van der Waals surface area (Å²) in [5, 5.41) is 32.0. The number of rotatable bonds is 3. The van der Waals surface area contributed by atoms with Crippen LogP contribution >= 0.6 is 35.6 Å². The molecule has 8 nitrogen and oxygen atoms in total. The van der Waals surface area contributed by atoms with Gasteiger partial charge in [0.2, 0.25) is 0 Å². The van der Waals surface area contributed by atoms with E-state index in [0.29, 0.717) is 22.0 Å². The number of aliphatic hydroxyl groups is 2. The third-order valence-electron chi connectivity index (χ3n) is 7.01. The van der Waals surface area contributed by atoms with Crippen molar-refractivity contribution in [1.29, 1.82) is 0 Å². The number of fused-ring (bicyclic) bond motifs is 3. The monoisotopic (exact) mass is 544 g/mol. The number of thiocarbonyl (C=S) groups is 1. The number of allylic oxidation sites excluding steroid dienone is 5. The molecule has 1 aliphatic heterocycles. The fourth-order valence-corrected chi connectivity index (χ4v) is 7.12. The minimum atomic E-state index is -1.18. The van der Waals surface area contributed by atoms with Gasteiger partial charge in [0.05, 0.1) is 27.8 Å². The van der Waals surface area contributed by atoms with E-state index >= 15 is 0 Å². The van der Waals surface area contributed by atoms with Crippen LogP contribution in [0.25, 0.3) is 0 Å². The number of nitrogens with one attached hydrogen (secondary N) is 2. The summed E-state index contributed by atoms with van der Waals surface area (Å²) in [4.78, 5) is 40.9. The second-order valence-electron chi connectivity index (χ2n) is 9.07. The predicted molar refractivity (Wildman–Crippen MR) is 138 cm³/mol. The molecule has 1 amide bonds. The van der Waals surface area contributed by atoms with E-state index < -0.39 is 45.9 Å². The van der Waals surface area contributed by atoms with Crippen LogP contribution in [0.1, 0.15) is 30.1 Å². The number of carbonyl (C=O) groups excluding carboxylic acids is 3. The highest BCUT2D eigenvalue weighted by molar-refractivity contribution is 8.00. The largest absolute Gasteiger partial charge is 0.511 e. The highest BCUT2D eigenvalue weighted by Gasteiger charge is 2.54. The zero-order valence-corrected chi connectivity index (χ0v) is 21.3. The minimum Gasteiger partial charge on any atom is -0.511 e. The van der Waals surface area contributed by atoms with Gasteiger partial charge in [-0.3, -0.25) is 25.2 Å². The molecule has 0 saturated carbocycles. The summed E-state index contributed by atoms with van der Waals surface area (Å²) < 4.78 is 0. The molecule has 0 bridgehead atoms. The molecule has 0 fully saturated rings. The predicted octanol–water partition coefficient (Wildman–Crippen LogP) is 4.02. The lowest BCUT2D eigenvalue weighted by atomic mass is 9.64. The molecule has 0 spiro atoms. The molecule has 186 valence electrons. The summed E-state index contributed by atoms with van der Waals surface area (Å²) in [5.74, 6) is -5.38. The average Bonchev–Trinajstić information content (AvgIpc) is 2.83. The molecule has 3 aliphatic carbocycles. The van der Waals surface area contributed by atoms with Crippen LogP contribution in [0.4, 0.5) is 0 Å². The van der Waals surface area contributed by atoms with Crippen LogP contribution in [-0.2, 0) is 9.59 Å². The van der Waals surface area contributed by atoms with Gasteiger partial charge in [-0.25, -0.2) is 0 Å². The molecule has 4 atom stereocenters. The smallest absolute Gasteiger partial charge is 0.276 e. The van der Waals surface area contributed by atoms with Crippen LogP contribution in [0.2, 0.25) is 5.02 Å². The van der Waals surface area contributed by atoms with E-state index in [2.05, 4.69) is 10.9 Å². The van der Waals surface area contributed by atoms with Gasteiger partial charge in [0.15, 0.2) is 11.6 Å². The number of hydrogen-bond donors (Lipinski definition) is 5. The molecule has 1 aromatic rings. The number of amides is 1. The number of benzene rings is 1. The average molecular weight is 545 g/mol. The van der Waals surface area contributed by atoms with Gasteiger partial charge in [-0.05, 0) is 36.1 Å². The van der Waals surface area contributed by atoms with Crippen LogP contribution in [0.3, 0.4) is 0 Å². The highest BCUT2D eigenvalue weighted by Crippen LogP contribution is 2.55. The van der Waals surface area contributed by atoms with Crippen molar-refractivity contribution in [2.75, 3.05) is 0 Å². The molecule has 1 heterocycles. The Morgan fingerprint density at radius 1 is 1.19 bits per heavy atom. The van der Waals surface area contributed by atoms with Crippen molar-refractivity contribution in [3.8, 4) is 5.75 Å². The van der Waals surface area contributed by atoms with Gasteiger partial charge in [-0.15, -0.1) is 11.8 Å². The van der Waals surface area contributed by atoms with Gasteiger partial charge in [0, 0.05) is 27.9 Å². The van der Waals surface area contributed by atoms with Crippen molar-refractivity contribution >= 4 is 57.9 Å². The first-order valence-corrected chi connectivity index (χ1v) is 12.9. The van der Waals surface area contributed by atoms with E-state index in [1.807, 2.05) is 6.92 Å². The lowest BCUT2D eigenvalue weighted by molar-refractivity contribution is -0.127. The quantitative estimate of drug-likeness (QED) is 0.217. The third kappa shape index (κ3) is 3.84. The summed E-state index contributed by atoms with van der Waals surface area (Å²) >= 11 is 12.6. The first-order valence-electron chi connectivity index (χ1n) is 11.2. The fraction of sp³-hybridized carbons (Fsp3) is 0.280. The van der Waals surface area contributed by atoms with Crippen molar-refractivity contribution in [3.63, 3.8) is 0 Å². The van der Waals surface area contributed by atoms with Crippen LogP contribution in [0.5, 0.6) is 5.75 Å². The Kier molecular flexibility index (Phi) is 6.22. The topological polar surface area (TPSA) is 136 Å². The molecule has 0 aromatic heterocycles. The maximum Gasteiger partial charge on any atom is 0.276 e. The van der Waals surface area contributed by atoms with Gasteiger partial charge in [-0.2, -0.15) is 0 Å². The molecule has 5 rings (SSSR count). The molecule has 1 aromatic carbocycles. The fourth-order valence-electron chi connectivity index (χ4n) is 5.16. The van der Waals surface area contributed by atoms with Gasteiger partial charge >= 0.3 is 0 Å². The van der Waals surface area contributed by atoms with E-state index in [4.69, 9.17) is 23.8 Å². The summed E-state index contributed by atoms with van der Waals surface area (Å²) in [6.45, 7) is 1.83. The number of carbonyl (C=O) groups is 3. The Labute approximate surface area is 220 Å². The SMILES string of the molecule is CC1C2Sc3c(Cl)ccc(O)c3C(=O)C2=C(O)C2C(=O)C(C(=O)NNC3=CCC(=S)C=C3)=C(O)CC21. The molecule has 4 unspecified atom stereocenters. The molecule has 11 heteroatoms. The number of aromatic hydroxyl groups is 1. The van der Waals surface area contributed by atoms with Crippen LogP contribution in [0, 0.1) is 17.8 Å². The Morgan fingerprint density at radius 3 is 2.64 bits per heavy atom. The van der Waals surface area contributed by atoms with Crippen molar-refractivity contribution < 1.29 is 29.7 Å². The molecule has 4 aliphatic rings. The standard InChI is InChI=1S/C25H21ClN2O6S2/c1-9-12-8-15(30)18(25(34)28-27-10-2-4-11(35)5-3-10)20(31)16(12)21(32)19-22(33)17-14(29)7-6-13(26)24(17)36-23(9)19/h2-4,6-7,9,12,16,23,27,29-30,32H,5,8H2,1H3,(H,28,34). The summed E-state index contributed by atoms with van der Waals surface area (Å²) in [6, 6.07) is 2.80. The van der Waals surface area contributed by atoms with Crippen molar-refractivity contribution in [2.24, 2.45) is 17.8 Å². The van der Waals surface area contributed by atoms with E-state index in [0.717, 1.165) is 4.86 Å². The van der Waals surface area contributed by atoms with E-state index in [1.165, 1.54) is 23.9 Å².